The largest absolute Gasteiger partial charge is 0.392 e. The van der Waals surface area contributed by atoms with Crippen molar-refractivity contribution in [3.8, 4) is 0 Å². The molecule has 0 aromatic carbocycles. The number of anilines is 1. The first-order valence-corrected chi connectivity index (χ1v) is 7.08. The van der Waals surface area contributed by atoms with Crippen LogP contribution in [-0.2, 0) is 10.0 Å². The van der Waals surface area contributed by atoms with E-state index >= 15 is 0 Å². The lowest BCUT2D eigenvalue weighted by atomic mass is 10.4. The number of likely N-dealkylation sites (N-methyl/N-ethyl adjacent to an activating group) is 1. The van der Waals surface area contributed by atoms with Crippen LogP contribution in [0.4, 0.5) is 5.82 Å². The molecule has 1 atom stereocenters. The lowest BCUT2D eigenvalue weighted by molar-refractivity contribution is 0.171. The van der Waals surface area contributed by atoms with E-state index < -0.39 is 16.1 Å². The fourth-order valence-electron chi connectivity index (χ4n) is 1.40. The van der Waals surface area contributed by atoms with Crippen molar-refractivity contribution < 1.29 is 13.5 Å². The molecule has 102 valence electrons. The molecule has 0 saturated heterocycles. The maximum Gasteiger partial charge on any atom is 0.244 e. The summed E-state index contributed by atoms with van der Waals surface area (Å²) in [6.45, 7) is 1.52. The van der Waals surface area contributed by atoms with Gasteiger partial charge < -0.3 is 10.4 Å². The average molecular weight is 294 g/mol. The van der Waals surface area contributed by atoms with E-state index in [0.717, 1.165) is 4.31 Å². The molecule has 0 aliphatic heterocycles. The fraction of sp³-hybridized carbons (Fsp3) is 0.500. The number of hydrogen-bond donors (Lipinski definition) is 2. The van der Waals surface area contributed by atoms with Gasteiger partial charge in [-0.2, -0.15) is 4.31 Å². The summed E-state index contributed by atoms with van der Waals surface area (Å²) in [5.74, 6) is 0.411. The smallest absolute Gasteiger partial charge is 0.244 e. The molecule has 1 aromatic heterocycles. The quantitative estimate of drug-likeness (QED) is 0.838. The molecule has 0 aliphatic carbocycles. The maximum atomic E-state index is 12.1. The van der Waals surface area contributed by atoms with Gasteiger partial charge in [-0.1, -0.05) is 11.6 Å². The second kappa shape index (κ2) is 5.83. The van der Waals surface area contributed by atoms with Crippen molar-refractivity contribution in [1.29, 1.82) is 0 Å². The van der Waals surface area contributed by atoms with E-state index in [9.17, 15) is 13.5 Å². The molecule has 0 bridgehead atoms. The highest BCUT2D eigenvalue weighted by Crippen LogP contribution is 2.23. The molecular weight excluding hydrogens is 278 g/mol. The number of rotatable bonds is 5. The number of hydrogen-bond acceptors (Lipinski definition) is 5. The van der Waals surface area contributed by atoms with Gasteiger partial charge in [-0.15, -0.1) is 0 Å². The Labute approximate surface area is 112 Å². The third-order valence-corrected chi connectivity index (χ3v) is 4.36. The average Bonchev–Trinajstić information content (AvgIpc) is 2.27. The molecule has 1 aromatic rings. The molecule has 1 heterocycles. The first kappa shape index (κ1) is 15.2. The van der Waals surface area contributed by atoms with E-state index in [1.807, 2.05) is 0 Å². The van der Waals surface area contributed by atoms with Crippen molar-refractivity contribution in [1.82, 2.24) is 9.29 Å². The van der Waals surface area contributed by atoms with E-state index in [1.165, 1.54) is 26.2 Å². The van der Waals surface area contributed by atoms with Crippen LogP contribution in [0.1, 0.15) is 6.92 Å². The molecule has 6 nitrogen and oxygen atoms in total. The van der Waals surface area contributed by atoms with E-state index in [2.05, 4.69) is 10.3 Å². The molecular formula is C10H16ClN3O3S. The Balaban J connectivity index is 3.09. The van der Waals surface area contributed by atoms with Crippen molar-refractivity contribution in [3.63, 3.8) is 0 Å². The van der Waals surface area contributed by atoms with Crippen LogP contribution in [0.3, 0.4) is 0 Å². The lowest BCUT2D eigenvalue weighted by Crippen LogP contribution is -2.33. The van der Waals surface area contributed by atoms with Crippen LogP contribution in [0.15, 0.2) is 17.2 Å². The topological polar surface area (TPSA) is 82.5 Å². The Morgan fingerprint density at radius 3 is 2.67 bits per heavy atom. The summed E-state index contributed by atoms with van der Waals surface area (Å²) in [4.78, 5) is 3.91. The van der Waals surface area contributed by atoms with Crippen LogP contribution in [0.2, 0.25) is 5.02 Å². The number of aromatic nitrogens is 1. The minimum Gasteiger partial charge on any atom is -0.392 e. The number of nitrogens with zero attached hydrogens (tertiary/aromatic N) is 2. The number of pyridine rings is 1. The van der Waals surface area contributed by atoms with Gasteiger partial charge in [0.25, 0.3) is 0 Å². The molecule has 0 aliphatic rings. The molecule has 0 radical (unpaired) electrons. The Morgan fingerprint density at radius 1 is 1.61 bits per heavy atom. The summed E-state index contributed by atoms with van der Waals surface area (Å²) in [6, 6.07) is 1.33. The van der Waals surface area contributed by atoms with Gasteiger partial charge in [0.2, 0.25) is 10.0 Å². The molecule has 0 fully saturated rings. The molecule has 0 amide bonds. The molecule has 1 unspecified atom stereocenters. The van der Waals surface area contributed by atoms with Crippen molar-refractivity contribution in [2.24, 2.45) is 0 Å². The Morgan fingerprint density at radius 2 is 2.22 bits per heavy atom. The third-order valence-electron chi connectivity index (χ3n) is 2.28. The summed E-state index contributed by atoms with van der Waals surface area (Å²) >= 11 is 5.89. The van der Waals surface area contributed by atoms with E-state index in [1.54, 1.807) is 7.05 Å². The number of aliphatic hydroxyl groups excluding tert-OH is 1. The zero-order chi connectivity index (χ0) is 13.9. The highest BCUT2D eigenvalue weighted by Gasteiger charge is 2.23. The minimum atomic E-state index is -3.68. The van der Waals surface area contributed by atoms with Crippen molar-refractivity contribution in [2.45, 2.75) is 17.9 Å². The number of nitrogens with one attached hydrogen (secondary N) is 1. The van der Waals surface area contributed by atoms with Crippen molar-refractivity contribution >= 4 is 27.4 Å². The SMILES string of the molecule is CNc1ncc(S(=O)(=O)N(C)CC(C)O)cc1Cl. The molecule has 1 rings (SSSR count). The normalized spacial score (nSPS) is 13.7. The highest BCUT2D eigenvalue weighted by atomic mass is 35.5. The Kier molecular flexibility index (Phi) is 4.92. The van der Waals surface area contributed by atoms with Crippen LogP contribution in [0, 0.1) is 0 Å². The minimum absolute atomic E-state index is 0.00495. The van der Waals surface area contributed by atoms with Gasteiger partial charge in [-0.05, 0) is 13.0 Å². The van der Waals surface area contributed by atoms with E-state index in [0.29, 0.717) is 5.82 Å². The van der Waals surface area contributed by atoms with E-state index in [4.69, 9.17) is 11.6 Å². The predicted molar refractivity (Wildman–Crippen MR) is 70.3 cm³/mol. The summed E-state index contributed by atoms with van der Waals surface area (Å²) in [7, 11) is -0.651. The second-order valence-electron chi connectivity index (χ2n) is 3.89. The van der Waals surface area contributed by atoms with Gasteiger partial charge in [0.05, 0.1) is 11.1 Å². The fourth-order valence-corrected chi connectivity index (χ4v) is 2.95. The van der Waals surface area contributed by atoms with Gasteiger partial charge in [-0.25, -0.2) is 13.4 Å². The zero-order valence-corrected chi connectivity index (χ0v) is 12.0. The van der Waals surface area contributed by atoms with Crippen molar-refractivity contribution in [2.75, 3.05) is 26.0 Å². The molecule has 2 N–H and O–H groups in total. The van der Waals surface area contributed by atoms with Crippen LogP contribution in [0.25, 0.3) is 0 Å². The summed E-state index contributed by atoms with van der Waals surface area (Å²) < 4.78 is 25.3. The Bertz CT molecular complexity index is 519. The van der Waals surface area contributed by atoms with Crippen LogP contribution < -0.4 is 5.32 Å². The summed E-state index contributed by atoms with van der Waals surface area (Å²) in [5, 5.41) is 12.2. The summed E-state index contributed by atoms with van der Waals surface area (Å²) in [5.41, 5.74) is 0. The van der Waals surface area contributed by atoms with Crippen molar-refractivity contribution in [3.05, 3.63) is 17.3 Å². The van der Waals surface area contributed by atoms with Crippen LogP contribution in [0.5, 0.6) is 0 Å². The zero-order valence-electron chi connectivity index (χ0n) is 10.4. The Hall–Kier alpha value is -0.890. The monoisotopic (exact) mass is 293 g/mol. The molecule has 18 heavy (non-hydrogen) atoms. The van der Waals surface area contributed by atoms with Gasteiger partial charge in [0, 0.05) is 26.8 Å². The van der Waals surface area contributed by atoms with Gasteiger partial charge >= 0.3 is 0 Å². The molecule has 8 heteroatoms. The van der Waals surface area contributed by atoms with E-state index in [-0.39, 0.29) is 16.5 Å². The number of aliphatic hydroxyl groups is 1. The first-order chi connectivity index (χ1) is 8.28. The predicted octanol–water partition coefficient (Wildman–Crippen LogP) is 0.778. The number of sulfonamides is 1. The molecule has 0 spiro atoms. The van der Waals surface area contributed by atoms with Crippen LogP contribution in [-0.4, -0.2) is 49.6 Å². The standard InChI is InChI=1S/C10H16ClN3O3S/c1-7(15)6-14(3)18(16,17)8-4-9(11)10(12-2)13-5-8/h4-5,7,15H,6H2,1-3H3,(H,12,13). The first-order valence-electron chi connectivity index (χ1n) is 5.26. The highest BCUT2D eigenvalue weighted by molar-refractivity contribution is 7.89. The number of halogens is 1. The lowest BCUT2D eigenvalue weighted by Gasteiger charge is -2.18. The van der Waals surface area contributed by atoms with Crippen LogP contribution >= 0.6 is 11.6 Å². The van der Waals surface area contributed by atoms with Gasteiger partial charge in [0.1, 0.15) is 10.7 Å². The van der Waals surface area contributed by atoms with Gasteiger partial charge in [-0.3, -0.25) is 0 Å². The maximum absolute atomic E-state index is 12.1. The third kappa shape index (κ3) is 3.32. The molecule has 0 saturated carbocycles. The van der Waals surface area contributed by atoms with Gasteiger partial charge in [0.15, 0.2) is 0 Å². The summed E-state index contributed by atoms with van der Waals surface area (Å²) in [6.07, 6.45) is 0.482. The second-order valence-corrected chi connectivity index (χ2v) is 6.34.